The Morgan fingerprint density at radius 1 is 1.29 bits per heavy atom. The number of rotatable bonds is 2. The van der Waals surface area contributed by atoms with Crippen LogP contribution in [0, 0.1) is 6.42 Å². The van der Waals surface area contributed by atoms with Gasteiger partial charge in [-0.05, 0) is 12.1 Å². The highest BCUT2D eigenvalue weighted by Crippen LogP contribution is 2.16. The number of aliphatic hydroxyl groups is 1. The summed E-state index contributed by atoms with van der Waals surface area (Å²) in [5.41, 5.74) is 0.843. The quantitative estimate of drug-likeness (QED) is 0.672. The molecule has 0 amide bonds. The number of benzene rings is 1. The van der Waals surface area contributed by atoms with Crippen molar-refractivity contribution in [3.8, 4) is 0 Å². The third kappa shape index (κ3) is 1.85. The molecule has 1 heterocycles. The Hall–Kier alpha value is -1.55. The van der Waals surface area contributed by atoms with Gasteiger partial charge in [0.2, 0.25) is 0 Å². The van der Waals surface area contributed by atoms with Crippen LogP contribution in [-0.2, 0) is 9.53 Å². The summed E-state index contributed by atoms with van der Waals surface area (Å²) in [6, 6.07) is 9.34. The maximum Gasteiger partial charge on any atom is 0.337 e. The van der Waals surface area contributed by atoms with Crippen LogP contribution in [0.1, 0.15) is 0 Å². The number of aliphatic hydroxyl groups excluding tert-OH is 1. The monoisotopic (exact) mass is 192 g/mol. The molecule has 1 aliphatic heterocycles. The predicted molar refractivity (Wildman–Crippen MR) is 50.3 cm³/mol. The second-order valence-corrected chi connectivity index (χ2v) is 3.01. The van der Waals surface area contributed by atoms with Gasteiger partial charge in [0.15, 0.2) is 12.3 Å². The highest BCUT2D eigenvalue weighted by molar-refractivity contribution is 5.79. The summed E-state index contributed by atoms with van der Waals surface area (Å²) >= 11 is 0. The van der Waals surface area contributed by atoms with Crippen LogP contribution in [0.5, 0.6) is 0 Å². The van der Waals surface area contributed by atoms with Gasteiger partial charge < -0.3 is 15.2 Å². The minimum atomic E-state index is -1.11. The van der Waals surface area contributed by atoms with E-state index in [1.807, 2.05) is 30.3 Å². The number of esters is 1. The van der Waals surface area contributed by atoms with Gasteiger partial charge in [0.1, 0.15) is 0 Å². The summed E-state index contributed by atoms with van der Waals surface area (Å²) in [4.78, 5) is 10.8. The number of cyclic esters (lactones) is 1. The molecule has 2 N–H and O–H groups in total. The number of hydrogen-bond donors (Lipinski definition) is 2. The zero-order chi connectivity index (χ0) is 9.97. The van der Waals surface area contributed by atoms with E-state index in [0.717, 1.165) is 5.69 Å². The van der Waals surface area contributed by atoms with Gasteiger partial charge in [-0.2, -0.15) is 0 Å². The van der Waals surface area contributed by atoms with Crippen molar-refractivity contribution in [1.29, 1.82) is 0 Å². The first-order chi connectivity index (χ1) is 6.75. The molecule has 0 bridgehead atoms. The lowest BCUT2D eigenvalue weighted by molar-refractivity contribution is -0.146. The molecule has 1 aliphatic rings. The summed E-state index contributed by atoms with van der Waals surface area (Å²) in [5, 5.41) is 12.0. The molecule has 0 spiro atoms. The van der Waals surface area contributed by atoms with E-state index in [4.69, 9.17) is 9.84 Å². The summed E-state index contributed by atoms with van der Waals surface area (Å²) in [6.45, 7) is 0. The first-order valence-corrected chi connectivity index (χ1v) is 4.31. The predicted octanol–water partition coefficient (Wildman–Crippen LogP) is 0.547. The van der Waals surface area contributed by atoms with Gasteiger partial charge in [-0.1, -0.05) is 18.2 Å². The van der Waals surface area contributed by atoms with Crippen LogP contribution in [0.2, 0.25) is 0 Å². The van der Waals surface area contributed by atoms with Crippen LogP contribution in [-0.4, -0.2) is 23.4 Å². The van der Waals surface area contributed by atoms with Gasteiger partial charge in [0, 0.05) is 5.69 Å². The summed E-state index contributed by atoms with van der Waals surface area (Å²) in [6.07, 6.45) is -0.244. The van der Waals surface area contributed by atoms with Crippen molar-refractivity contribution in [3.05, 3.63) is 36.8 Å². The molecule has 14 heavy (non-hydrogen) atoms. The summed E-state index contributed by atoms with van der Waals surface area (Å²) in [5.74, 6) is -0.613. The number of hydrogen-bond acceptors (Lipinski definition) is 4. The van der Waals surface area contributed by atoms with Crippen molar-refractivity contribution < 1.29 is 14.6 Å². The van der Waals surface area contributed by atoms with Crippen LogP contribution in [0.4, 0.5) is 5.69 Å². The van der Waals surface area contributed by atoms with Gasteiger partial charge in [-0.3, -0.25) is 0 Å². The number of nitrogens with one attached hydrogen (secondary N) is 1. The Balaban J connectivity index is 1.97. The SMILES string of the molecule is O=C1OC(Nc2ccccc2)[CH]C1O. The minimum Gasteiger partial charge on any atom is -0.439 e. The topological polar surface area (TPSA) is 58.6 Å². The maximum absolute atomic E-state index is 10.8. The molecule has 2 unspecified atom stereocenters. The van der Waals surface area contributed by atoms with Crippen molar-refractivity contribution >= 4 is 11.7 Å². The first kappa shape index (κ1) is 9.02. The van der Waals surface area contributed by atoms with Crippen LogP contribution < -0.4 is 5.32 Å². The van der Waals surface area contributed by atoms with E-state index in [1.54, 1.807) is 0 Å². The molecule has 73 valence electrons. The lowest BCUT2D eigenvalue weighted by Crippen LogP contribution is -2.18. The fourth-order valence-electron chi connectivity index (χ4n) is 1.25. The third-order valence-electron chi connectivity index (χ3n) is 1.92. The first-order valence-electron chi connectivity index (χ1n) is 4.31. The van der Waals surface area contributed by atoms with Crippen molar-refractivity contribution in [1.82, 2.24) is 0 Å². The normalized spacial score (nSPS) is 25.9. The molecule has 1 aromatic rings. The Morgan fingerprint density at radius 3 is 2.57 bits per heavy atom. The molecular formula is C10H10NO3. The van der Waals surface area contributed by atoms with Gasteiger partial charge in [-0.25, -0.2) is 4.79 Å². The van der Waals surface area contributed by atoms with E-state index >= 15 is 0 Å². The fraction of sp³-hybridized carbons (Fsp3) is 0.200. The molecule has 0 aromatic heterocycles. The van der Waals surface area contributed by atoms with Crippen molar-refractivity contribution in [3.63, 3.8) is 0 Å². The van der Waals surface area contributed by atoms with Gasteiger partial charge in [0.05, 0.1) is 6.42 Å². The lowest BCUT2D eigenvalue weighted by Gasteiger charge is -2.11. The third-order valence-corrected chi connectivity index (χ3v) is 1.92. The number of para-hydroxylation sites is 1. The Morgan fingerprint density at radius 2 is 2.00 bits per heavy atom. The molecule has 4 nitrogen and oxygen atoms in total. The van der Waals surface area contributed by atoms with Crippen molar-refractivity contribution in [2.75, 3.05) is 5.32 Å². The molecule has 2 rings (SSSR count). The van der Waals surface area contributed by atoms with Crippen molar-refractivity contribution in [2.24, 2.45) is 0 Å². The van der Waals surface area contributed by atoms with Crippen LogP contribution in [0.25, 0.3) is 0 Å². The smallest absolute Gasteiger partial charge is 0.337 e. The Bertz CT molecular complexity index is 325. The van der Waals surface area contributed by atoms with Gasteiger partial charge in [0.25, 0.3) is 0 Å². The number of anilines is 1. The average molecular weight is 192 g/mol. The van der Waals surface area contributed by atoms with Gasteiger partial charge in [-0.15, -0.1) is 0 Å². The second-order valence-electron chi connectivity index (χ2n) is 3.01. The van der Waals surface area contributed by atoms with Crippen LogP contribution >= 0.6 is 0 Å². The highest BCUT2D eigenvalue weighted by Gasteiger charge is 2.32. The van der Waals surface area contributed by atoms with E-state index in [1.165, 1.54) is 6.42 Å². The fourth-order valence-corrected chi connectivity index (χ4v) is 1.25. The minimum absolute atomic E-state index is 0.542. The van der Waals surface area contributed by atoms with Crippen LogP contribution in [0.15, 0.2) is 30.3 Å². The molecule has 1 aromatic carbocycles. The van der Waals surface area contributed by atoms with Crippen molar-refractivity contribution in [2.45, 2.75) is 12.3 Å². The average Bonchev–Trinajstić information content (AvgIpc) is 2.47. The molecule has 1 fully saturated rings. The molecule has 0 aliphatic carbocycles. The van der Waals surface area contributed by atoms with E-state index < -0.39 is 18.3 Å². The van der Waals surface area contributed by atoms with E-state index in [2.05, 4.69) is 5.32 Å². The Kier molecular flexibility index (Phi) is 2.37. The van der Waals surface area contributed by atoms with E-state index in [0.29, 0.717) is 0 Å². The standard InChI is InChI=1S/C10H10NO3/c12-8-6-9(14-10(8)13)11-7-4-2-1-3-5-7/h1-6,8-9,11-12H. The second kappa shape index (κ2) is 3.67. The molecule has 4 heteroatoms. The number of carbonyl (C=O) groups is 1. The number of ether oxygens (including phenoxy) is 1. The van der Waals surface area contributed by atoms with Crippen LogP contribution in [0.3, 0.4) is 0 Å². The summed E-state index contributed by atoms with van der Waals surface area (Å²) in [7, 11) is 0. The highest BCUT2D eigenvalue weighted by atomic mass is 16.6. The zero-order valence-corrected chi connectivity index (χ0v) is 7.38. The summed E-state index contributed by atoms with van der Waals surface area (Å²) < 4.78 is 4.82. The molecule has 1 saturated heterocycles. The molecule has 1 radical (unpaired) electrons. The number of carbonyl (C=O) groups excluding carboxylic acids is 1. The maximum atomic E-state index is 10.8. The molecule has 2 atom stereocenters. The molecule has 0 saturated carbocycles. The van der Waals surface area contributed by atoms with E-state index in [9.17, 15) is 4.79 Å². The largest absolute Gasteiger partial charge is 0.439 e. The van der Waals surface area contributed by atoms with E-state index in [-0.39, 0.29) is 0 Å². The molecular weight excluding hydrogens is 182 g/mol. The van der Waals surface area contributed by atoms with Gasteiger partial charge >= 0.3 is 5.97 Å². The zero-order valence-electron chi connectivity index (χ0n) is 7.38. The lowest BCUT2D eigenvalue weighted by atomic mass is 10.2. The Labute approximate surface area is 81.5 Å².